The van der Waals surface area contributed by atoms with Gasteiger partial charge >= 0.3 is 5.97 Å². The highest BCUT2D eigenvalue weighted by molar-refractivity contribution is 5.78. The van der Waals surface area contributed by atoms with E-state index in [1.807, 2.05) is 12.2 Å². The molecule has 3 fully saturated rings. The van der Waals surface area contributed by atoms with Gasteiger partial charge in [0.1, 0.15) is 29.8 Å². The van der Waals surface area contributed by atoms with Gasteiger partial charge in [-0.05, 0) is 63.0 Å². The Morgan fingerprint density at radius 1 is 1.11 bits per heavy atom. The molecule has 0 aromatic carbocycles. The van der Waals surface area contributed by atoms with E-state index in [-0.39, 0.29) is 18.8 Å². The Hall–Kier alpha value is -1.77. The largest absolute Gasteiger partial charge is 0.462 e. The Bertz CT molecular complexity index is 1040. The number of aliphatic hydroxyl groups excluding tert-OH is 1. The first-order chi connectivity index (χ1) is 18.0. The molecular weight excluding hydrogens is 484 g/mol. The fourth-order valence-corrected chi connectivity index (χ4v) is 6.85. The number of aliphatic hydroxyl groups is 2. The second-order valence-corrected chi connectivity index (χ2v) is 12.4. The monoisotopic (exact) mass is 528 g/mol. The molecule has 4 aliphatic heterocycles. The fraction of sp³-hybridized carbons (Fsp3) is 0.710. The first-order valence-electron chi connectivity index (χ1n) is 14.3. The van der Waals surface area contributed by atoms with E-state index >= 15 is 0 Å². The SMILES string of the molecule is CC1=CC[C@@H]2C[C@@H](C[C@]3(CC[C@H](C)[C@@H](C)O3)O2)OC(=O)[C@@H]2C=C(C)[C@@H](O)[C@H]3OC/C(=C\C=C\[C@H](C)C1)[C@]32O. The fourth-order valence-electron chi connectivity index (χ4n) is 6.85. The topological polar surface area (TPSA) is 94.5 Å². The van der Waals surface area contributed by atoms with Gasteiger partial charge in [0.25, 0.3) is 0 Å². The van der Waals surface area contributed by atoms with Crippen molar-refractivity contribution < 1.29 is 34.0 Å². The standard InChI is InChI=1S/C31H44O7/c1-18-7-6-8-23-17-35-28-27(32)21(4)14-26(31(23,28)34)29(33)36-25-15-24(10-9-19(2)13-18)38-30(16-25)12-11-20(3)22(5)37-30/h6-9,14,18,20,22,24-28,32,34H,10-13,15-17H2,1-5H3/b7-6+,19-9?,23-8+/t18-,20-,22+,24+,25-,26-,27+,28+,30-,31+/m0/s1. The molecule has 3 saturated heterocycles. The molecule has 1 spiro atoms. The zero-order valence-electron chi connectivity index (χ0n) is 23.4. The van der Waals surface area contributed by atoms with Crippen molar-refractivity contribution in [2.24, 2.45) is 17.8 Å². The summed E-state index contributed by atoms with van der Waals surface area (Å²) in [6, 6.07) is 0. The first kappa shape index (κ1) is 27.8. The molecule has 0 saturated carbocycles. The maximum atomic E-state index is 13.8. The summed E-state index contributed by atoms with van der Waals surface area (Å²) in [5, 5.41) is 22.8. The van der Waals surface area contributed by atoms with E-state index in [4.69, 9.17) is 18.9 Å². The van der Waals surface area contributed by atoms with Crippen molar-refractivity contribution >= 4 is 5.97 Å². The maximum Gasteiger partial charge on any atom is 0.316 e. The molecule has 5 rings (SSSR count). The Kier molecular flexibility index (Phi) is 7.79. The molecule has 38 heavy (non-hydrogen) atoms. The van der Waals surface area contributed by atoms with E-state index in [0.29, 0.717) is 35.8 Å². The minimum atomic E-state index is -1.68. The summed E-state index contributed by atoms with van der Waals surface area (Å²) in [7, 11) is 0. The van der Waals surface area contributed by atoms with E-state index < -0.39 is 41.6 Å². The van der Waals surface area contributed by atoms with Gasteiger partial charge in [-0.25, -0.2) is 0 Å². The molecule has 0 aromatic rings. The summed E-state index contributed by atoms with van der Waals surface area (Å²) >= 11 is 0. The van der Waals surface area contributed by atoms with Gasteiger partial charge in [-0.3, -0.25) is 4.79 Å². The highest BCUT2D eigenvalue weighted by Crippen LogP contribution is 2.47. The number of fused-ring (bicyclic) bond motifs is 2. The lowest BCUT2D eigenvalue weighted by atomic mass is 9.71. The Morgan fingerprint density at radius 2 is 1.89 bits per heavy atom. The number of rotatable bonds is 0. The summed E-state index contributed by atoms with van der Waals surface area (Å²) in [5.74, 6) is -1.53. The van der Waals surface area contributed by atoms with Crippen LogP contribution in [0.1, 0.15) is 73.1 Å². The third kappa shape index (κ3) is 5.20. The minimum Gasteiger partial charge on any atom is -0.462 e. The molecule has 10 atom stereocenters. The van der Waals surface area contributed by atoms with Gasteiger partial charge in [0, 0.05) is 19.3 Å². The smallest absolute Gasteiger partial charge is 0.316 e. The van der Waals surface area contributed by atoms with Crippen LogP contribution in [0.5, 0.6) is 0 Å². The van der Waals surface area contributed by atoms with Crippen LogP contribution in [-0.4, -0.2) is 64.7 Å². The second kappa shape index (κ2) is 10.7. The van der Waals surface area contributed by atoms with Gasteiger partial charge in [-0.2, -0.15) is 0 Å². The van der Waals surface area contributed by atoms with E-state index in [1.165, 1.54) is 5.57 Å². The van der Waals surface area contributed by atoms with Crippen molar-refractivity contribution in [1.82, 2.24) is 0 Å². The molecule has 7 heteroatoms. The van der Waals surface area contributed by atoms with Crippen LogP contribution in [0, 0.1) is 17.8 Å². The molecule has 5 aliphatic rings. The predicted octanol–water partition coefficient (Wildman–Crippen LogP) is 4.53. The lowest BCUT2D eigenvalue weighted by molar-refractivity contribution is -0.332. The second-order valence-electron chi connectivity index (χ2n) is 12.4. The molecule has 0 aromatic heterocycles. The summed E-state index contributed by atoms with van der Waals surface area (Å²) < 4.78 is 25.2. The van der Waals surface area contributed by atoms with E-state index in [2.05, 4.69) is 39.8 Å². The van der Waals surface area contributed by atoms with Crippen LogP contribution in [0.3, 0.4) is 0 Å². The lowest BCUT2D eigenvalue weighted by Crippen LogP contribution is -2.58. The van der Waals surface area contributed by atoms with Crippen LogP contribution in [0.4, 0.5) is 0 Å². The number of ether oxygens (including phenoxy) is 4. The third-order valence-electron chi connectivity index (χ3n) is 9.30. The zero-order valence-corrected chi connectivity index (χ0v) is 23.4. The van der Waals surface area contributed by atoms with E-state index in [0.717, 1.165) is 25.7 Å². The number of esters is 1. The summed E-state index contributed by atoms with van der Waals surface area (Å²) in [5.41, 5.74) is 0.783. The van der Waals surface area contributed by atoms with Crippen LogP contribution in [0.15, 0.2) is 47.1 Å². The van der Waals surface area contributed by atoms with E-state index in [1.54, 1.807) is 13.0 Å². The van der Waals surface area contributed by atoms with Crippen molar-refractivity contribution in [2.45, 2.75) is 115 Å². The van der Waals surface area contributed by atoms with Crippen molar-refractivity contribution in [3.8, 4) is 0 Å². The number of hydrogen-bond acceptors (Lipinski definition) is 7. The average molecular weight is 529 g/mol. The molecular formula is C31H44O7. The first-order valence-corrected chi connectivity index (χ1v) is 14.3. The molecule has 0 unspecified atom stereocenters. The Balaban J connectivity index is 1.51. The summed E-state index contributed by atoms with van der Waals surface area (Å²) in [4.78, 5) is 13.8. The maximum absolute atomic E-state index is 13.8. The van der Waals surface area contributed by atoms with Crippen LogP contribution in [0.2, 0.25) is 0 Å². The summed E-state index contributed by atoms with van der Waals surface area (Å²) in [6.07, 6.45) is 11.8. The number of carbonyl (C=O) groups excluding carboxylic acids is 1. The Morgan fingerprint density at radius 3 is 2.66 bits per heavy atom. The summed E-state index contributed by atoms with van der Waals surface area (Å²) in [6.45, 7) is 10.5. The van der Waals surface area contributed by atoms with Crippen molar-refractivity contribution in [3.05, 3.63) is 47.1 Å². The minimum absolute atomic E-state index is 0.0526. The molecule has 210 valence electrons. The van der Waals surface area contributed by atoms with Gasteiger partial charge in [-0.15, -0.1) is 0 Å². The zero-order chi connectivity index (χ0) is 27.2. The predicted molar refractivity (Wildman–Crippen MR) is 143 cm³/mol. The van der Waals surface area contributed by atoms with Crippen molar-refractivity contribution in [3.63, 3.8) is 0 Å². The van der Waals surface area contributed by atoms with Gasteiger partial charge in [0.05, 0.1) is 18.8 Å². The van der Waals surface area contributed by atoms with Crippen LogP contribution in [-0.2, 0) is 23.7 Å². The molecule has 0 amide bonds. The molecule has 4 heterocycles. The van der Waals surface area contributed by atoms with Gasteiger partial charge < -0.3 is 29.2 Å². The van der Waals surface area contributed by atoms with Crippen LogP contribution < -0.4 is 0 Å². The van der Waals surface area contributed by atoms with Gasteiger partial charge in [0.15, 0.2) is 5.79 Å². The molecule has 1 aliphatic carbocycles. The average Bonchev–Trinajstić information content (AvgIpc) is 3.19. The number of allylic oxidation sites excluding steroid dienone is 4. The quantitative estimate of drug-likeness (QED) is 0.352. The molecule has 0 radical (unpaired) electrons. The van der Waals surface area contributed by atoms with E-state index in [9.17, 15) is 15.0 Å². The molecule has 2 N–H and O–H groups in total. The molecule has 7 nitrogen and oxygen atoms in total. The van der Waals surface area contributed by atoms with Crippen molar-refractivity contribution in [2.75, 3.05) is 6.61 Å². The lowest BCUT2D eigenvalue weighted by Gasteiger charge is -2.49. The van der Waals surface area contributed by atoms with Gasteiger partial charge in [-0.1, -0.05) is 49.8 Å². The number of hydrogen-bond donors (Lipinski definition) is 2. The van der Waals surface area contributed by atoms with Crippen LogP contribution in [0.25, 0.3) is 0 Å². The molecule has 2 bridgehead atoms. The normalized spacial score (nSPS) is 48.3. The third-order valence-corrected chi connectivity index (χ3v) is 9.30. The van der Waals surface area contributed by atoms with Crippen molar-refractivity contribution in [1.29, 1.82) is 0 Å². The number of carbonyl (C=O) groups is 1. The Labute approximate surface area is 226 Å². The van der Waals surface area contributed by atoms with Crippen LogP contribution >= 0.6 is 0 Å². The highest BCUT2D eigenvalue weighted by atomic mass is 16.7. The highest BCUT2D eigenvalue weighted by Gasteiger charge is 2.60. The van der Waals surface area contributed by atoms with Gasteiger partial charge in [0.2, 0.25) is 0 Å².